The normalized spacial score (nSPS) is 20.6. The molecule has 1 fully saturated rings. The van der Waals surface area contributed by atoms with Crippen molar-refractivity contribution < 1.29 is 9.90 Å². The van der Waals surface area contributed by atoms with Crippen LogP contribution in [0.25, 0.3) is 0 Å². The lowest BCUT2D eigenvalue weighted by Gasteiger charge is -2.34. The van der Waals surface area contributed by atoms with E-state index in [1.54, 1.807) is 17.8 Å². The van der Waals surface area contributed by atoms with Crippen molar-refractivity contribution in [3.63, 3.8) is 0 Å². The van der Waals surface area contributed by atoms with Crippen LogP contribution in [0.1, 0.15) is 31.9 Å². The second kappa shape index (κ2) is 5.27. The summed E-state index contributed by atoms with van der Waals surface area (Å²) in [5, 5.41) is 16.7. The molecule has 6 nitrogen and oxygen atoms in total. The largest absolute Gasteiger partial charge is 0.390 e. The van der Waals surface area contributed by atoms with Crippen molar-refractivity contribution in [1.82, 2.24) is 19.9 Å². The molecular formula is C11H18N4O2. The zero-order valence-electron chi connectivity index (χ0n) is 10.0. The Morgan fingerprint density at radius 2 is 2.41 bits per heavy atom. The minimum atomic E-state index is -0.0961. The molecule has 6 heteroatoms. The molecule has 1 N–H and O–H groups in total. The van der Waals surface area contributed by atoms with Gasteiger partial charge in [0.05, 0.1) is 25.4 Å². The number of likely N-dealkylation sites (tertiary alicyclic amines) is 1. The third kappa shape index (κ3) is 2.82. The Hall–Kier alpha value is -1.43. The Kier molecular flexibility index (Phi) is 3.73. The van der Waals surface area contributed by atoms with Crippen LogP contribution in [0.4, 0.5) is 0 Å². The highest BCUT2D eigenvalue weighted by Gasteiger charge is 2.24. The molecule has 0 saturated carbocycles. The Labute approximate surface area is 100 Å². The lowest BCUT2D eigenvalue weighted by atomic mass is 10.0. The number of hydrogen-bond donors (Lipinski definition) is 1. The van der Waals surface area contributed by atoms with Gasteiger partial charge < -0.3 is 10.0 Å². The summed E-state index contributed by atoms with van der Waals surface area (Å²) < 4.78 is 1.71. The fourth-order valence-electron chi connectivity index (χ4n) is 2.32. The van der Waals surface area contributed by atoms with Gasteiger partial charge in [-0.25, -0.2) is 0 Å². The minimum absolute atomic E-state index is 0.0961. The summed E-state index contributed by atoms with van der Waals surface area (Å²) >= 11 is 0. The third-order valence-corrected chi connectivity index (χ3v) is 3.18. The van der Waals surface area contributed by atoms with Crippen LogP contribution in [-0.2, 0) is 17.9 Å². The van der Waals surface area contributed by atoms with Gasteiger partial charge in [0.15, 0.2) is 0 Å². The fraction of sp³-hybridized carbons (Fsp3) is 0.727. The molecule has 0 spiro atoms. The van der Waals surface area contributed by atoms with E-state index in [9.17, 15) is 4.79 Å². The van der Waals surface area contributed by atoms with E-state index in [0.29, 0.717) is 12.2 Å². The van der Waals surface area contributed by atoms with Gasteiger partial charge in [-0.15, -0.1) is 5.10 Å². The molecule has 0 aromatic carbocycles. The molecule has 1 aliphatic rings. The summed E-state index contributed by atoms with van der Waals surface area (Å²) in [6.07, 6.45) is 4.96. The van der Waals surface area contributed by atoms with Gasteiger partial charge in [0.25, 0.3) is 0 Å². The lowest BCUT2D eigenvalue weighted by molar-refractivity contribution is -0.132. The highest BCUT2D eigenvalue weighted by atomic mass is 16.3. The van der Waals surface area contributed by atoms with Gasteiger partial charge >= 0.3 is 0 Å². The van der Waals surface area contributed by atoms with Crippen LogP contribution < -0.4 is 0 Å². The van der Waals surface area contributed by atoms with Crippen LogP contribution in [0.15, 0.2) is 6.20 Å². The number of piperidine rings is 1. The highest BCUT2D eigenvalue weighted by Crippen LogP contribution is 2.18. The van der Waals surface area contributed by atoms with Gasteiger partial charge in [0, 0.05) is 13.5 Å². The molecule has 1 amide bonds. The molecule has 0 aliphatic carbocycles. The molecule has 2 heterocycles. The molecule has 1 saturated heterocycles. The van der Waals surface area contributed by atoms with Gasteiger partial charge in [-0.05, 0) is 19.3 Å². The summed E-state index contributed by atoms with van der Waals surface area (Å²) in [7, 11) is 0. The Morgan fingerprint density at radius 1 is 1.59 bits per heavy atom. The molecule has 94 valence electrons. The van der Waals surface area contributed by atoms with Crippen molar-refractivity contribution in [3.8, 4) is 0 Å². The average molecular weight is 238 g/mol. The second-order valence-corrected chi connectivity index (χ2v) is 4.45. The van der Waals surface area contributed by atoms with E-state index < -0.39 is 0 Å². The molecule has 0 radical (unpaired) electrons. The number of carbonyl (C=O) groups excluding carboxylic acids is 1. The summed E-state index contributed by atoms with van der Waals surface area (Å²) in [5.41, 5.74) is 0.565. The molecule has 2 rings (SSSR count). The predicted octanol–water partition coefficient (Wildman–Crippen LogP) is 0.171. The highest BCUT2D eigenvalue weighted by molar-refractivity contribution is 5.73. The SMILES string of the molecule is CC(=O)N1CCCC[C@@H]1Cn1cc(CO)nn1. The molecule has 0 bridgehead atoms. The van der Waals surface area contributed by atoms with Crippen LogP contribution in [0.5, 0.6) is 0 Å². The first-order valence-electron chi connectivity index (χ1n) is 5.98. The average Bonchev–Trinajstić information content (AvgIpc) is 2.77. The van der Waals surface area contributed by atoms with Crippen molar-refractivity contribution in [2.24, 2.45) is 0 Å². The van der Waals surface area contributed by atoms with Crippen LogP contribution in [0.3, 0.4) is 0 Å². The Morgan fingerprint density at radius 3 is 3.06 bits per heavy atom. The first-order valence-corrected chi connectivity index (χ1v) is 5.98. The molecule has 0 unspecified atom stereocenters. The summed E-state index contributed by atoms with van der Waals surface area (Å²) in [4.78, 5) is 13.4. The summed E-state index contributed by atoms with van der Waals surface area (Å²) in [5.74, 6) is 0.122. The fourth-order valence-corrected chi connectivity index (χ4v) is 2.32. The standard InChI is InChI=1S/C11H18N4O2/c1-9(17)15-5-3-2-4-11(15)7-14-6-10(8-16)12-13-14/h6,11,16H,2-5,7-8H2,1H3/t11-/m1/s1. The summed E-state index contributed by atoms with van der Waals surface area (Å²) in [6.45, 7) is 3.01. The first kappa shape index (κ1) is 12.0. The molecular weight excluding hydrogens is 220 g/mol. The van der Waals surface area contributed by atoms with Gasteiger partial charge in [0.1, 0.15) is 5.69 Å². The molecule has 1 aromatic heterocycles. The number of aliphatic hydroxyl groups is 1. The predicted molar refractivity (Wildman–Crippen MR) is 61.0 cm³/mol. The van der Waals surface area contributed by atoms with Crippen LogP contribution in [0.2, 0.25) is 0 Å². The first-order chi connectivity index (χ1) is 8.20. The number of aliphatic hydroxyl groups excluding tert-OH is 1. The van der Waals surface area contributed by atoms with Gasteiger partial charge in [0.2, 0.25) is 5.91 Å². The maximum Gasteiger partial charge on any atom is 0.219 e. The monoisotopic (exact) mass is 238 g/mol. The number of nitrogens with zero attached hydrogens (tertiary/aromatic N) is 4. The molecule has 17 heavy (non-hydrogen) atoms. The minimum Gasteiger partial charge on any atom is -0.390 e. The van der Waals surface area contributed by atoms with E-state index in [-0.39, 0.29) is 18.6 Å². The van der Waals surface area contributed by atoms with Gasteiger partial charge in [-0.2, -0.15) is 0 Å². The van der Waals surface area contributed by atoms with E-state index in [1.165, 1.54) is 0 Å². The quantitative estimate of drug-likeness (QED) is 0.815. The van der Waals surface area contributed by atoms with Crippen molar-refractivity contribution in [3.05, 3.63) is 11.9 Å². The molecule has 1 aromatic rings. The third-order valence-electron chi connectivity index (χ3n) is 3.18. The smallest absolute Gasteiger partial charge is 0.219 e. The van der Waals surface area contributed by atoms with E-state index in [4.69, 9.17) is 5.11 Å². The number of aromatic nitrogens is 3. The molecule has 1 atom stereocenters. The van der Waals surface area contributed by atoms with E-state index in [2.05, 4.69) is 10.3 Å². The second-order valence-electron chi connectivity index (χ2n) is 4.45. The van der Waals surface area contributed by atoms with Crippen LogP contribution in [0, 0.1) is 0 Å². The maximum atomic E-state index is 11.5. The lowest BCUT2D eigenvalue weighted by Crippen LogP contribution is -2.44. The van der Waals surface area contributed by atoms with E-state index >= 15 is 0 Å². The Balaban J connectivity index is 2.02. The van der Waals surface area contributed by atoms with Gasteiger partial charge in [-0.1, -0.05) is 5.21 Å². The topological polar surface area (TPSA) is 71.2 Å². The molecule has 1 aliphatic heterocycles. The maximum absolute atomic E-state index is 11.5. The van der Waals surface area contributed by atoms with E-state index in [1.807, 2.05) is 4.90 Å². The Bertz CT molecular complexity index is 391. The van der Waals surface area contributed by atoms with Crippen molar-refractivity contribution in [2.45, 2.75) is 45.4 Å². The zero-order chi connectivity index (χ0) is 12.3. The number of hydrogen-bond acceptors (Lipinski definition) is 4. The van der Waals surface area contributed by atoms with Gasteiger partial charge in [-0.3, -0.25) is 9.48 Å². The summed E-state index contributed by atoms with van der Waals surface area (Å²) in [6, 6.07) is 0.203. The van der Waals surface area contributed by atoms with Crippen LogP contribution in [-0.4, -0.2) is 43.5 Å². The number of carbonyl (C=O) groups is 1. The van der Waals surface area contributed by atoms with Crippen LogP contribution >= 0.6 is 0 Å². The zero-order valence-corrected chi connectivity index (χ0v) is 10.0. The number of rotatable bonds is 3. The van der Waals surface area contributed by atoms with Crippen molar-refractivity contribution in [2.75, 3.05) is 6.54 Å². The van der Waals surface area contributed by atoms with Crippen molar-refractivity contribution in [1.29, 1.82) is 0 Å². The number of amides is 1. The van der Waals surface area contributed by atoms with E-state index in [0.717, 1.165) is 25.8 Å². The van der Waals surface area contributed by atoms with Crippen molar-refractivity contribution >= 4 is 5.91 Å².